The maximum Gasteiger partial charge on any atom is 0.0540 e. The first-order valence-electron chi connectivity index (χ1n) is 27.2. The molecule has 77 heavy (non-hydrogen) atoms. The van der Waals surface area contributed by atoms with Gasteiger partial charge in [-0.15, -0.1) is 0 Å². The van der Waals surface area contributed by atoms with Gasteiger partial charge in [0.05, 0.1) is 5.69 Å². The van der Waals surface area contributed by atoms with Gasteiger partial charge in [0.1, 0.15) is 0 Å². The molecule has 0 N–H and O–H groups in total. The van der Waals surface area contributed by atoms with E-state index in [9.17, 15) is 0 Å². The zero-order valence-corrected chi connectivity index (χ0v) is 43.8. The zero-order chi connectivity index (χ0) is 51.6. The van der Waals surface area contributed by atoms with E-state index >= 15 is 0 Å². The van der Waals surface area contributed by atoms with E-state index in [0.717, 1.165) is 17.1 Å². The molecule has 0 amide bonds. The minimum absolute atomic E-state index is 0.152. The third kappa shape index (κ3) is 6.93. The lowest BCUT2D eigenvalue weighted by Crippen LogP contribution is -2.18. The van der Waals surface area contributed by atoms with Crippen molar-refractivity contribution >= 4 is 60.2 Å². The summed E-state index contributed by atoms with van der Waals surface area (Å²) >= 11 is 0. The average Bonchev–Trinajstić information content (AvgIpc) is 4.00. The normalized spacial score (nSPS) is 13.7. The van der Waals surface area contributed by atoms with Crippen molar-refractivity contribution < 1.29 is 0 Å². The smallest absolute Gasteiger partial charge is 0.0540 e. The molecule has 0 spiro atoms. The summed E-state index contributed by atoms with van der Waals surface area (Å²) in [5.41, 5.74) is 23.6. The van der Waals surface area contributed by atoms with E-state index in [1.807, 2.05) is 0 Å². The van der Waals surface area contributed by atoms with Gasteiger partial charge >= 0.3 is 0 Å². The fraction of sp³-hybridized carbons (Fsp3) is 0.0789. The van der Waals surface area contributed by atoms with Crippen LogP contribution in [0.3, 0.4) is 0 Å². The molecule has 2 aliphatic carbocycles. The predicted octanol–water partition coefficient (Wildman–Crippen LogP) is 21.0. The molecule has 0 radical (unpaired) electrons. The van der Waals surface area contributed by atoms with Gasteiger partial charge in [0.15, 0.2) is 0 Å². The predicted molar refractivity (Wildman–Crippen MR) is 328 cm³/mol. The van der Waals surface area contributed by atoms with Crippen molar-refractivity contribution in [2.45, 2.75) is 38.5 Å². The molecular weight excluding hydrogens is 927 g/mol. The van der Waals surface area contributed by atoms with Crippen LogP contribution in [0.1, 0.15) is 49.9 Å². The van der Waals surface area contributed by atoms with E-state index in [1.54, 1.807) is 0 Å². The third-order valence-electron chi connectivity index (χ3n) is 17.4. The summed E-state index contributed by atoms with van der Waals surface area (Å²) in [6, 6.07) is 97.9. The molecule has 0 unspecified atom stereocenters. The van der Waals surface area contributed by atoms with Crippen molar-refractivity contribution in [1.82, 2.24) is 0 Å². The number of nitrogens with zero attached hydrogens (tertiary/aromatic N) is 1. The summed E-state index contributed by atoms with van der Waals surface area (Å²) in [6.45, 7) is 9.53. The Kier molecular flexibility index (Phi) is 10.0. The fourth-order valence-corrected chi connectivity index (χ4v) is 13.6. The quantitative estimate of drug-likeness (QED) is 0.144. The van der Waals surface area contributed by atoms with Gasteiger partial charge in [0.25, 0.3) is 0 Å². The number of hydrogen-bond acceptors (Lipinski definition) is 1. The molecule has 13 aromatic carbocycles. The fourth-order valence-electron chi connectivity index (χ4n) is 13.6. The lowest BCUT2D eigenvalue weighted by atomic mass is 9.82. The minimum Gasteiger partial charge on any atom is -0.310 e. The maximum atomic E-state index is 2.54. The Morgan fingerprint density at radius 1 is 0.221 bits per heavy atom. The Bertz CT molecular complexity index is 4390. The summed E-state index contributed by atoms with van der Waals surface area (Å²) in [4.78, 5) is 2.54. The molecule has 13 aromatic rings. The molecule has 0 bridgehead atoms. The van der Waals surface area contributed by atoms with E-state index in [0.29, 0.717) is 0 Å². The maximum absolute atomic E-state index is 2.54. The molecular formula is C76H55N. The lowest BCUT2D eigenvalue weighted by Gasteiger charge is -2.31. The Labute approximate surface area is 451 Å². The monoisotopic (exact) mass is 981 g/mol. The topological polar surface area (TPSA) is 3.24 Å². The Morgan fingerprint density at radius 3 is 1.12 bits per heavy atom. The zero-order valence-electron chi connectivity index (χ0n) is 43.8. The molecule has 1 nitrogen and oxygen atoms in total. The Morgan fingerprint density at radius 2 is 0.597 bits per heavy atom. The second-order valence-corrected chi connectivity index (χ2v) is 22.4. The van der Waals surface area contributed by atoms with Crippen LogP contribution in [0.25, 0.3) is 110 Å². The second kappa shape index (κ2) is 17.1. The van der Waals surface area contributed by atoms with Gasteiger partial charge in [-0.1, -0.05) is 228 Å². The van der Waals surface area contributed by atoms with E-state index in [1.165, 1.54) is 132 Å². The van der Waals surface area contributed by atoms with Crippen LogP contribution in [-0.2, 0) is 10.8 Å². The highest BCUT2D eigenvalue weighted by Crippen LogP contribution is 2.54. The van der Waals surface area contributed by atoms with Crippen LogP contribution in [0.4, 0.5) is 17.1 Å². The van der Waals surface area contributed by atoms with Crippen molar-refractivity contribution in [2.75, 3.05) is 4.90 Å². The minimum atomic E-state index is -0.152. The van der Waals surface area contributed by atoms with Crippen molar-refractivity contribution in [3.8, 4) is 66.8 Å². The van der Waals surface area contributed by atoms with Gasteiger partial charge in [-0.25, -0.2) is 0 Å². The third-order valence-corrected chi connectivity index (χ3v) is 17.4. The van der Waals surface area contributed by atoms with Gasteiger partial charge in [-0.3, -0.25) is 0 Å². The average molecular weight is 982 g/mol. The van der Waals surface area contributed by atoms with Crippen molar-refractivity contribution in [2.24, 2.45) is 0 Å². The molecule has 0 saturated heterocycles. The number of rotatable bonds is 7. The number of benzene rings is 13. The van der Waals surface area contributed by atoms with E-state index < -0.39 is 0 Å². The molecule has 0 fully saturated rings. The van der Waals surface area contributed by atoms with Crippen LogP contribution in [0, 0.1) is 0 Å². The largest absolute Gasteiger partial charge is 0.310 e. The highest BCUT2D eigenvalue weighted by Gasteiger charge is 2.38. The molecule has 0 aliphatic heterocycles. The van der Waals surface area contributed by atoms with E-state index in [2.05, 4.69) is 293 Å². The number of hydrogen-bond donors (Lipinski definition) is 0. The lowest BCUT2D eigenvalue weighted by molar-refractivity contribution is 0.660. The molecule has 0 heterocycles. The summed E-state index contributed by atoms with van der Waals surface area (Å²) in [7, 11) is 0. The van der Waals surface area contributed by atoms with E-state index in [4.69, 9.17) is 0 Å². The first kappa shape index (κ1) is 45.1. The molecule has 364 valence electrons. The van der Waals surface area contributed by atoms with Crippen LogP contribution in [0.5, 0.6) is 0 Å². The Balaban J connectivity index is 0.939. The second-order valence-electron chi connectivity index (χ2n) is 22.4. The van der Waals surface area contributed by atoms with Crippen molar-refractivity contribution in [3.05, 3.63) is 283 Å². The van der Waals surface area contributed by atoms with Gasteiger partial charge in [-0.05, 0) is 187 Å². The molecule has 0 aromatic heterocycles. The molecule has 2 aliphatic rings. The SMILES string of the molecule is CC1(C)c2ccccc2-c2ccc(N(c3ccc4c(c3)C(C)(C)c3ccccc3-4)c3ccc(-c4cc5c6ccccc6c(-c6cc(-c7ccccc7)cc(-c7ccccc7)c6)cc5c5ccccc45)c4ccccc34)cc21. The molecule has 1 heteroatoms. The van der Waals surface area contributed by atoms with Gasteiger partial charge in [-0.2, -0.15) is 0 Å². The van der Waals surface area contributed by atoms with Crippen LogP contribution < -0.4 is 4.90 Å². The highest BCUT2D eigenvalue weighted by atomic mass is 15.1. The van der Waals surface area contributed by atoms with Gasteiger partial charge in [0, 0.05) is 27.6 Å². The summed E-state index contributed by atoms with van der Waals surface area (Å²) < 4.78 is 0. The van der Waals surface area contributed by atoms with E-state index in [-0.39, 0.29) is 10.8 Å². The molecule has 0 saturated carbocycles. The summed E-state index contributed by atoms with van der Waals surface area (Å²) in [5.74, 6) is 0. The number of fused-ring (bicyclic) bond motifs is 12. The first-order chi connectivity index (χ1) is 37.7. The van der Waals surface area contributed by atoms with Crippen LogP contribution in [0.2, 0.25) is 0 Å². The van der Waals surface area contributed by atoms with Crippen LogP contribution >= 0.6 is 0 Å². The summed E-state index contributed by atoms with van der Waals surface area (Å²) in [5, 5.41) is 9.88. The Hall–Kier alpha value is -9.30. The van der Waals surface area contributed by atoms with Crippen molar-refractivity contribution in [3.63, 3.8) is 0 Å². The van der Waals surface area contributed by atoms with Gasteiger partial charge in [0.2, 0.25) is 0 Å². The number of anilines is 3. The van der Waals surface area contributed by atoms with Crippen LogP contribution in [-0.4, -0.2) is 0 Å². The molecule has 15 rings (SSSR count). The molecule has 0 atom stereocenters. The highest BCUT2D eigenvalue weighted by molar-refractivity contribution is 6.25. The van der Waals surface area contributed by atoms with Crippen molar-refractivity contribution in [1.29, 1.82) is 0 Å². The first-order valence-corrected chi connectivity index (χ1v) is 27.2. The standard InChI is InChI=1S/C76H55N/c1-75(2)70-33-19-17-30-61(70)63-37-35-53(44-72(63)75)77(54-36-38-64-62-31-18-20-34-71(62)76(3,4)73(64)45-54)74-40-39-60(55-25-15-16-32-65(55)74)67-47-69-57-27-12-11-26-56(57)66(46-68(69)59-29-14-13-28-58(59)67)52-42-50(48-21-7-5-8-22-48)41-51(43-52)49-23-9-6-10-24-49/h5-47H,1-4H3. The van der Waals surface area contributed by atoms with Crippen LogP contribution in [0.15, 0.2) is 261 Å². The van der Waals surface area contributed by atoms with Gasteiger partial charge < -0.3 is 4.90 Å². The summed E-state index contributed by atoms with van der Waals surface area (Å²) in [6.07, 6.45) is 0.